The number of ketones is 1. The summed E-state index contributed by atoms with van der Waals surface area (Å²) in [5.41, 5.74) is 1.03. The molecule has 1 aliphatic heterocycles. The number of Topliss-reactive ketones (excluding diaryl/α,β-unsaturated/α-hetero) is 1. The highest BCUT2D eigenvalue weighted by atomic mass is 16.1. The minimum absolute atomic E-state index is 0.0933. The molecule has 1 fully saturated rings. The summed E-state index contributed by atoms with van der Waals surface area (Å²) in [4.78, 5) is 12.8. The molecular weight excluding hydrogens is 282 g/mol. The number of carbonyl (C=O) groups is 1. The van der Waals surface area contributed by atoms with E-state index in [1.54, 1.807) is 0 Å². The molecule has 0 saturated carbocycles. The number of fused-ring (bicyclic) bond motifs is 1. The first kappa shape index (κ1) is 16.2. The first-order chi connectivity index (χ1) is 10.7. The van der Waals surface area contributed by atoms with E-state index < -0.39 is 0 Å². The van der Waals surface area contributed by atoms with Crippen molar-refractivity contribution in [3.8, 4) is 0 Å². The Morgan fingerprint density at radius 3 is 2.26 bits per heavy atom. The number of hydrogen-bond acceptors (Lipinski definition) is 2. The third kappa shape index (κ3) is 3.81. The minimum Gasteiger partial charge on any atom is -0.307 e. The number of hydrogen-bond donors (Lipinski definition) is 1. The highest BCUT2D eigenvalue weighted by molar-refractivity contribution is 6.00. The van der Waals surface area contributed by atoms with Crippen molar-refractivity contribution in [1.82, 2.24) is 5.32 Å². The maximum absolute atomic E-state index is 12.8. The van der Waals surface area contributed by atoms with Gasteiger partial charge in [0, 0.05) is 23.1 Å². The fourth-order valence-corrected chi connectivity index (χ4v) is 4.42. The standard InChI is InChI=1S/C21H27NO/c1-20(2)13-15(14-21(3,4)22-20)11-19(23)18-10-9-16-7-5-6-8-17(16)12-18/h5-10,12,15,22H,11,13-14H2,1-4H3. The van der Waals surface area contributed by atoms with Crippen LogP contribution in [0.5, 0.6) is 0 Å². The van der Waals surface area contributed by atoms with Crippen LogP contribution in [-0.4, -0.2) is 16.9 Å². The van der Waals surface area contributed by atoms with Crippen molar-refractivity contribution in [2.45, 2.75) is 58.0 Å². The molecule has 1 aliphatic rings. The molecule has 3 rings (SSSR count). The van der Waals surface area contributed by atoms with Gasteiger partial charge in [-0.25, -0.2) is 0 Å². The fraction of sp³-hybridized carbons (Fsp3) is 0.476. The lowest BCUT2D eigenvalue weighted by Gasteiger charge is -2.46. The molecule has 2 heteroatoms. The second-order valence-corrected chi connectivity index (χ2v) is 8.36. The zero-order valence-corrected chi connectivity index (χ0v) is 14.6. The molecule has 2 nitrogen and oxygen atoms in total. The van der Waals surface area contributed by atoms with Crippen molar-refractivity contribution in [2.24, 2.45) is 5.92 Å². The van der Waals surface area contributed by atoms with Crippen molar-refractivity contribution < 1.29 is 4.79 Å². The van der Waals surface area contributed by atoms with Gasteiger partial charge in [-0.15, -0.1) is 0 Å². The molecule has 0 bridgehead atoms. The molecule has 1 heterocycles. The van der Waals surface area contributed by atoms with Crippen LogP contribution in [0.4, 0.5) is 0 Å². The predicted octanol–water partition coefficient (Wildman–Crippen LogP) is 4.97. The lowest BCUT2D eigenvalue weighted by atomic mass is 9.74. The first-order valence-corrected chi connectivity index (χ1v) is 8.55. The number of carbonyl (C=O) groups excluding carboxylic acids is 1. The summed E-state index contributed by atoms with van der Waals surface area (Å²) < 4.78 is 0. The molecule has 122 valence electrons. The SMILES string of the molecule is CC1(C)CC(CC(=O)c2ccc3ccccc3c2)CC(C)(C)N1. The second kappa shape index (κ2) is 5.76. The van der Waals surface area contributed by atoms with Crippen LogP contribution in [-0.2, 0) is 0 Å². The summed E-state index contributed by atoms with van der Waals surface area (Å²) in [7, 11) is 0. The number of rotatable bonds is 3. The van der Waals surface area contributed by atoms with E-state index in [0.29, 0.717) is 12.3 Å². The molecule has 0 amide bonds. The summed E-state index contributed by atoms with van der Waals surface area (Å²) in [6.07, 6.45) is 2.75. The van der Waals surface area contributed by atoms with Gasteiger partial charge in [-0.1, -0.05) is 36.4 Å². The van der Waals surface area contributed by atoms with Crippen LogP contribution in [0.25, 0.3) is 10.8 Å². The first-order valence-electron chi connectivity index (χ1n) is 8.55. The lowest BCUT2D eigenvalue weighted by Crippen LogP contribution is -2.57. The monoisotopic (exact) mass is 309 g/mol. The van der Waals surface area contributed by atoms with Gasteiger partial charge in [0.05, 0.1) is 0 Å². The Balaban J connectivity index is 1.77. The highest BCUT2D eigenvalue weighted by Gasteiger charge is 2.38. The van der Waals surface area contributed by atoms with Crippen LogP contribution in [0, 0.1) is 5.92 Å². The summed E-state index contributed by atoms with van der Waals surface area (Å²) >= 11 is 0. The quantitative estimate of drug-likeness (QED) is 0.811. The number of piperidine rings is 1. The van der Waals surface area contributed by atoms with Gasteiger partial charge < -0.3 is 5.32 Å². The van der Waals surface area contributed by atoms with E-state index in [4.69, 9.17) is 0 Å². The summed E-state index contributed by atoms with van der Waals surface area (Å²) in [6, 6.07) is 14.3. The lowest BCUT2D eigenvalue weighted by molar-refractivity contribution is 0.0864. The third-order valence-corrected chi connectivity index (χ3v) is 4.82. The van der Waals surface area contributed by atoms with Crippen LogP contribution in [0.15, 0.2) is 42.5 Å². The summed E-state index contributed by atoms with van der Waals surface area (Å²) in [5.74, 6) is 0.717. The Bertz CT molecular complexity index is 713. The van der Waals surface area contributed by atoms with E-state index >= 15 is 0 Å². The van der Waals surface area contributed by atoms with Gasteiger partial charge >= 0.3 is 0 Å². The van der Waals surface area contributed by atoms with Gasteiger partial charge in [0.1, 0.15) is 0 Å². The van der Waals surface area contributed by atoms with E-state index in [-0.39, 0.29) is 16.9 Å². The molecule has 0 radical (unpaired) electrons. The minimum atomic E-state index is 0.0933. The normalized spacial score (nSPS) is 20.5. The Hall–Kier alpha value is -1.67. The van der Waals surface area contributed by atoms with Crippen molar-refractivity contribution in [2.75, 3.05) is 0 Å². The number of benzene rings is 2. The van der Waals surface area contributed by atoms with Gasteiger partial charge in [-0.2, -0.15) is 0 Å². The van der Waals surface area contributed by atoms with Crippen LogP contribution < -0.4 is 5.32 Å². The van der Waals surface area contributed by atoms with E-state index in [9.17, 15) is 4.79 Å². The zero-order chi connectivity index (χ0) is 16.7. The van der Waals surface area contributed by atoms with E-state index in [0.717, 1.165) is 23.8 Å². The van der Waals surface area contributed by atoms with Crippen molar-refractivity contribution >= 4 is 16.6 Å². The molecule has 1 N–H and O–H groups in total. The third-order valence-electron chi connectivity index (χ3n) is 4.82. The van der Waals surface area contributed by atoms with E-state index in [2.05, 4.69) is 51.2 Å². The maximum Gasteiger partial charge on any atom is 0.163 e. The average Bonchev–Trinajstić information content (AvgIpc) is 2.43. The average molecular weight is 309 g/mol. The van der Waals surface area contributed by atoms with Gasteiger partial charge in [0.25, 0.3) is 0 Å². The molecule has 0 aromatic heterocycles. The van der Waals surface area contributed by atoms with E-state index in [1.807, 2.05) is 24.3 Å². The van der Waals surface area contributed by atoms with Gasteiger partial charge in [0.15, 0.2) is 5.78 Å². The molecule has 0 atom stereocenters. The van der Waals surface area contributed by atoms with Crippen molar-refractivity contribution in [3.63, 3.8) is 0 Å². The Labute approximate surface area is 139 Å². The zero-order valence-electron chi connectivity index (χ0n) is 14.6. The van der Waals surface area contributed by atoms with E-state index in [1.165, 1.54) is 5.39 Å². The van der Waals surface area contributed by atoms with Crippen LogP contribution in [0.2, 0.25) is 0 Å². The topological polar surface area (TPSA) is 29.1 Å². The molecular formula is C21H27NO. The molecule has 2 aromatic carbocycles. The predicted molar refractivity (Wildman–Crippen MR) is 96.9 cm³/mol. The second-order valence-electron chi connectivity index (χ2n) is 8.36. The molecule has 23 heavy (non-hydrogen) atoms. The highest BCUT2D eigenvalue weighted by Crippen LogP contribution is 2.35. The summed E-state index contributed by atoms with van der Waals surface area (Å²) in [5, 5.41) is 6.02. The Morgan fingerprint density at radius 1 is 1.00 bits per heavy atom. The summed E-state index contributed by atoms with van der Waals surface area (Å²) in [6.45, 7) is 8.95. The van der Waals surface area contributed by atoms with Crippen LogP contribution in [0.3, 0.4) is 0 Å². The Kier molecular flexibility index (Phi) is 4.05. The smallest absolute Gasteiger partial charge is 0.163 e. The molecule has 0 unspecified atom stereocenters. The molecule has 1 saturated heterocycles. The van der Waals surface area contributed by atoms with Gasteiger partial charge in [-0.3, -0.25) is 4.79 Å². The number of nitrogens with one attached hydrogen (secondary N) is 1. The molecule has 0 aliphatic carbocycles. The Morgan fingerprint density at radius 2 is 1.61 bits per heavy atom. The van der Waals surface area contributed by atoms with Gasteiger partial charge in [-0.05, 0) is 63.3 Å². The maximum atomic E-state index is 12.8. The van der Waals surface area contributed by atoms with Gasteiger partial charge in [0.2, 0.25) is 0 Å². The largest absolute Gasteiger partial charge is 0.307 e. The fourth-order valence-electron chi connectivity index (χ4n) is 4.42. The molecule has 2 aromatic rings. The van der Waals surface area contributed by atoms with Crippen molar-refractivity contribution in [3.05, 3.63) is 48.0 Å². The molecule has 0 spiro atoms. The van der Waals surface area contributed by atoms with Crippen molar-refractivity contribution in [1.29, 1.82) is 0 Å². The van der Waals surface area contributed by atoms with Crippen LogP contribution in [0.1, 0.15) is 57.3 Å². The van der Waals surface area contributed by atoms with Crippen LogP contribution >= 0.6 is 0 Å².